The Morgan fingerprint density at radius 2 is 1.71 bits per heavy atom. The lowest BCUT2D eigenvalue weighted by atomic mass is 9.91. The van der Waals surface area contributed by atoms with E-state index in [0.717, 1.165) is 40.7 Å². The molecule has 0 radical (unpaired) electrons. The van der Waals surface area contributed by atoms with E-state index < -0.39 is 6.29 Å². The highest BCUT2D eigenvalue weighted by atomic mass is 32.2. The summed E-state index contributed by atoms with van der Waals surface area (Å²) in [6.07, 6.45) is 3.25. The van der Waals surface area contributed by atoms with Crippen LogP contribution >= 0.6 is 11.8 Å². The Morgan fingerprint density at radius 1 is 0.976 bits per heavy atom. The van der Waals surface area contributed by atoms with E-state index in [1.807, 2.05) is 54.6 Å². The number of amides is 2. The van der Waals surface area contributed by atoms with E-state index in [9.17, 15) is 19.9 Å². The predicted molar refractivity (Wildman–Crippen MR) is 161 cm³/mol. The predicted octanol–water partition coefficient (Wildman–Crippen LogP) is 5.03. The van der Waals surface area contributed by atoms with Gasteiger partial charge in [-0.05, 0) is 42.2 Å². The van der Waals surface area contributed by atoms with E-state index in [4.69, 9.17) is 9.47 Å². The molecule has 1 aliphatic rings. The van der Waals surface area contributed by atoms with Crippen LogP contribution in [0, 0.1) is 11.1 Å². The maximum absolute atomic E-state index is 12.4. The van der Waals surface area contributed by atoms with E-state index in [1.165, 1.54) is 24.9 Å². The third-order valence-corrected chi connectivity index (χ3v) is 8.34. The molecule has 42 heavy (non-hydrogen) atoms. The van der Waals surface area contributed by atoms with E-state index in [0.29, 0.717) is 29.4 Å². The Morgan fingerprint density at radius 3 is 2.40 bits per heavy atom. The Bertz CT molecular complexity index is 1300. The molecule has 224 valence electrons. The average molecular weight is 594 g/mol. The van der Waals surface area contributed by atoms with Gasteiger partial charge in [-0.15, -0.1) is 0 Å². The summed E-state index contributed by atoms with van der Waals surface area (Å²) in [5.74, 6) is 0.466. The maximum atomic E-state index is 12.4. The summed E-state index contributed by atoms with van der Waals surface area (Å²) in [5, 5.41) is 28.0. The van der Waals surface area contributed by atoms with Gasteiger partial charge < -0.3 is 30.4 Å². The molecule has 0 aliphatic carbocycles. The monoisotopic (exact) mass is 593 g/mol. The number of benzene rings is 2. The molecule has 3 aromatic rings. The molecular formula is C32H39N3O6S. The van der Waals surface area contributed by atoms with E-state index >= 15 is 0 Å². The maximum Gasteiger partial charge on any atom is 0.251 e. The van der Waals surface area contributed by atoms with E-state index in [-0.39, 0.29) is 36.5 Å². The lowest BCUT2D eigenvalue weighted by Crippen LogP contribution is -2.39. The molecule has 1 aromatic heterocycles. The van der Waals surface area contributed by atoms with Gasteiger partial charge >= 0.3 is 0 Å². The second-order valence-electron chi connectivity index (χ2n) is 10.5. The van der Waals surface area contributed by atoms with Crippen LogP contribution < -0.4 is 15.4 Å². The van der Waals surface area contributed by atoms with Crippen molar-refractivity contribution in [3.8, 4) is 0 Å². The van der Waals surface area contributed by atoms with Gasteiger partial charge in [0.2, 0.25) is 11.8 Å². The van der Waals surface area contributed by atoms with Gasteiger partial charge in [0.1, 0.15) is 0 Å². The van der Waals surface area contributed by atoms with Crippen molar-refractivity contribution in [1.29, 1.82) is 0 Å². The molecule has 10 heteroatoms. The van der Waals surface area contributed by atoms with Gasteiger partial charge in [-0.25, -0.2) is 0 Å². The minimum absolute atomic E-state index is 0.00524. The van der Waals surface area contributed by atoms with Gasteiger partial charge in [-0.2, -0.15) is 4.73 Å². The molecule has 4 atom stereocenters. The number of nitrogens with one attached hydrogen (secondary N) is 2. The number of ether oxygens (including phenoxy) is 2. The number of anilines is 1. The Balaban J connectivity index is 1.40. The number of hydrogen-bond donors (Lipinski definition) is 3. The standard InChI is InChI=1S/C32H39N3O6S/c1-22-28(21-42-30-9-5-7-19-35(30)39)40-32(41-31(22)25-12-10-24(20-36)11-13-25)26-14-16-27(17-15-26)34-29(38)8-4-3-6-18-33-23(2)37/h5,7,9-17,19,22,28,31-32,36H,3-4,6,8,18,20-21H2,1-2H3,(H,33,37)(H,34,38). The number of nitrogens with zero attached hydrogens (tertiary/aromatic N) is 1. The van der Waals surface area contributed by atoms with Crippen LogP contribution in [0.1, 0.15) is 68.6 Å². The first-order chi connectivity index (χ1) is 20.3. The van der Waals surface area contributed by atoms with Crippen LogP contribution in [0.25, 0.3) is 0 Å². The fourth-order valence-electron chi connectivity index (χ4n) is 4.80. The van der Waals surface area contributed by atoms with Crippen molar-refractivity contribution < 1.29 is 28.9 Å². The van der Waals surface area contributed by atoms with Gasteiger partial charge in [0.15, 0.2) is 12.5 Å². The Labute approximate surface area is 251 Å². The van der Waals surface area contributed by atoms with Crippen LogP contribution in [-0.2, 0) is 25.7 Å². The van der Waals surface area contributed by atoms with Gasteiger partial charge in [0.25, 0.3) is 5.03 Å². The van der Waals surface area contributed by atoms with Gasteiger partial charge in [-0.3, -0.25) is 9.59 Å². The molecular weight excluding hydrogens is 554 g/mol. The average Bonchev–Trinajstić information content (AvgIpc) is 2.99. The molecule has 0 bridgehead atoms. The van der Waals surface area contributed by atoms with Crippen LogP contribution in [0.3, 0.4) is 0 Å². The van der Waals surface area contributed by atoms with Crippen LogP contribution in [-0.4, -0.2) is 35.3 Å². The molecule has 1 aliphatic heterocycles. The van der Waals surface area contributed by atoms with Crippen molar-refractivity contribution in [2.45, 2.75) is 69.7 Å². The fourth-order valence-corrected chi connectivity index (χ4v) is 5.88. The summed E-state index contributed by atoms with van der Waals surface area (Å²) in [6, 6.07) is 20.5. The number of aromatic nitrogens is 1. The first-order valence-electron chi connectivity index (χ1n) is 14.3. The Hall–Kier alpha value is -3.44. The second-order valence-corrected chi connectivity index (χ2v) is 11.5. The largest absolute Gasteiger partial charge is 0.618 e. The number of aliphatic hydroxyl groups is 1. The third kappa shape index (κ3) is 9.03. The van der Waals surface area contributed by atoms with Crippen molar-refractivity contribution >= 4 is 29.3 Å². The molecule has 0 spiro atoms. The number of rotatable bonds is 13. The molecule has 2 aromatic carbocycles. The zero-order valence-corrected chi connectivity index (χ0v) is 24.8. The molecule has 0 saturated carbocycles. The Kier molecular flexibility index (Phi) is 11.8. The van der Waals surface area contributed by atoms with Gasteiger partial charge in [0, 0.05) is 54.9 Å². The third-order valence-electron chi connectivity index (χ3n) is 7.23. The summed E-state index contributed by atoms with van der Waals surface area (Å²) in [6.45, 7) is 4.18. The van der Waals surface area contributed by atoms with Gasteiger partial charge in [0.05, 0.1) is 18.8 Å². The lowest BCUT2D eigenvalue weighted by molar-refractivity contribution is -0.645. The van der Waals surface area contributed by atoms with Crippen LogP contribution in [0.5, 0.6) is 0 Å². The number of carbonyl (C=O) groups excluding carboxylic acids is 2. The summed E-state index contributed by atoms with van der Waals surface area (Å²) < 4.78 is 13.8. The van der Waals surface area contributed by atoms with Crippen molar-refractivity contribution in [2.24, 2.45) is 5.92 Å². The smallest absolute Gasteiger partial charge is 0.251 e. The summed E-state index contributed by atoms with van der Waals surface area (Å²) in [7, 11) is 0. The molecule has 9 nitrogen and oxygen atoms in total. The molecule has 3 N–H and O–H groups in total. The SMILES string of the molecule is CC(=O)NCCCCCC(=O)Nc1ccc(C2OC(CSc3cccc[n+]3[O-])C(C)C(c3ccc(CO)cc3)O2)cc1. The molecule has 4 unspecified atom stereocenters. The van der Waals surface area contributed by atoms with Crippen molar-refractivity contribution in [3.63, 3.8) is 0 Å². The minimum Gasteiger partial charge on any atom is -0.618 e. The lowest BCUT2D eigenvalue weighted by Gasteiger charge is -2.41. The second kappa shape index (κ2) is 15.7. The molecule has 1 fully saturated rings. The van der Waals surface area contributed by atoms with Crippen molar-refractivity contribution in [2.75, 3.05) is 17.6 Å². The minimum atomic E-state index is -0.641. The zero-order chi connectivity index (χ0) is 29.9. The highest BCUT2D eigenvalue weighted by Crippen LogP contribution is 2.43. The molecule has 2 amide bonds. The molecule has 1 saturated heterocycles. The normalized spacial score (nSPS) is 20.2. The fraction of sp³-hybridized carbons (Fsp3) is 0.406. The number of aliphatic hydroxyl groups excluding tert-OH is 1. The number of carbonyl (C=O) groups is 2. The number of hydrogen-bond acceptors (Lipinski definition) is 7. The summed E-state index contributed by atoms with van der Waals surface area (Å²) in [4.78, 5) is 23.3. The van der Waals surface area contributed by atoms with Crippen LogP contribution in [0.15, 0.2) is 78.0 Å². The van der Waals surface area contributed by atoms with Crippen LogP contribution in [0.2, 0.25) is 0 Å². The van der Waals surface area contributed by atoms with Crippen molar-refractivity contribution in [1.82, 2.24) is 5.32 Å². The van der Waals surface area contributed by atoms with Crippen LogP contribution in [0.4, 0.5) is 5.69 Å². The van der Waals surface area contributed by atoms with Gasteiger partial charge in [-0.1, -0.05) is 61.5 Å². The van der Waals surface area contributed by atoms with Crippen molar-refractivity contribution in [3.05, 3.63) is 94.8 Å². The summed E-state index contributed by atoms with van der Waals surface area (Å²) >= 11 is 1.45. The highest BCUT2D eigenvalue weighted by Gasteiger charge is 2.38. The number of pyridine rings is 1. The first-order valence-corrected chi connectivity index (χ1v) is 15.3. The number of unbranched alkanes of at least 4 members (excludes halogenated alkanes) is 2. The molecule has 4 rings (SSSR count). The summed E-state index contributed by atoms with van der Waals surface area (Å²) in [5.41, 5.74) is 3.33. The molecule has 2 heterocycles. The quantitative estimate of drug-likeness (QED) is 0.110. The highest BCUT2D eigenvalue weighted by molar-refractivity contribution is 7.99. The first kappa shape index (κ1) is 31.5. The number of thioether (sulfide) groups is 1. The van der Waals surface area contributed by atoms with E-state index in [2.05, 4.69) is 17.6 Å². The topological polar surface area (TPSA) is 124 Å². The zero-order valence-electron chi connectivity index (χ0n) is 24.0. The van der Waals surface area contributed by atoms with E-state index in [1.54, 1.807) is 12.1 Å².